The quantitative estimate of drug-likeness (QED) is 0.789. The lowest BCUT2D eigenvalue weighted by molar-refractivity contribution is 0.177. The van der Waals surface area contributed by atoms with Crippen LogP contribution in [0.1, 0.15) is 12.5 Å². The van der Waals surface area contributed by atoms with Crippen LogP contribution in [0.4, 0.5) is 10.5 Å². The van der Waals surface area contributed by atoms with E-state index < -0.39 is 0 Å². The van der Waals surface area contributed by atoms with Crippen LogP contribution in [0, 0.1) is 0 Å². The molecule has 0 spiro atoms. The van der Waals surface area contributed by atoms with Crippen molar-refractivity contribution in [1.29, 1.82) is 0 Å². The van der Waals surface area contributed by atoms with Gasteiger partial charge in [-0.15, -0.1) is 0 Å². The number of nitrogens with one attached hydrogen (secondary N) is 3. The van der Waals surface area contributed by atoms with Crippen LogP contribution in [0.2, 0.25) is 0 Å². The van der Waals surface area contributed by atoms with Crippen LogP contribution in [0.25, 0.3) is 10.9 Å². The first kappa shape index (κ1) is 11.9. The molecule has 0 aliphatic carbocycles. The van der Waals surface area contributed by atoms with Gasteiger partial charge in [0, 0.05) is 23.6 Å². The topological polar surface area (TPSA) is 66.1 Å². The minimum Gasteiger partial charge on any atom is -0.447 e. The first-order valence-electron chi connectivity index (χ1n) is 6.53. The summed E-state index contributed by atoms with van der Waals surface area (Å²) in [5.74, 6) is 0. The van der Waals surface area contributed by atoms with E-state index in [1.807, 2.05) is 6.20 Å². The minimum atomic E-state index is -0.318. The van der Waals surface area contributed by atoms with Gasteiger partial charge < -0.3 is 20.4 Å². The Balaban J connectivity index is 1.83. The summed E-state index contributed by atoms with van der Waals surface area (Å²) < 4.78 is 4.90. The highest BCUT2D eigenvalue weighted by molar-refractivity contribution is 5.92. The van der Waals surface area contributed by atoms with E-state index in [0.717, 1.165) is 24.2 Å². The molecule has 100 valence electrons. The maximum Gasteiger partial charge on any atom is 0.407 e. The zero-order valence-electron chi connectivity index (χ0n) is 10.8. The number of alkyl carbamates (subject to hydrolysis) is 1. The SMILES string of the molecule is CCNc1c[nH]c2ccc(CC3COC(=O)N3)cc12. The summed E-state index contributed by atoms with van der Waals surface area (Å²) in [4.78, 5) is 14.2. The predicted octanol–water partition coefficient (Wildman–Crippen LogP) is 2.25. The number of hydrogen-bond acceptors (Lipinski definition) is 3. The maximum absolute atomic E-state index is 11.0. The largest absolute Gasteiger partial charge is 0.447 e. The Morgan fingerprint density at radius 1 is 1.47 bits per heavy atom. The average Bonchev–Trinajstić information content (AvgIpc) is 2.97. The van der Waals surface area contributed by atoms with Gasteiger partial charge in [0.1, 0.15) is 6.61 Å². The van der Waals surface area contributed by atoms with Gasteiger partial charge in [0.2, 0.25) is 0 Å². The van der Waals surface area contributed by atoms with Gasteiger partial charge in [-0.05, 0) is 31.0 Å². The summed E-state index contributed by atoms with van der Waals surface area (Å²) in [5, 5.41) is 7.32. The van der Waals surface area contributed by atoms with E-state index >= 15 is 0 Å². The number of cyclic esters (lactones) is 1. The van der Waals surface area contributed by atoms with Crippen LogP contribution >= 0.6 is 0 Å². The van der Waals surface area contributed by atoms with Gasteiger partial charge in [-0.25, -0.2) is 4.79 Å². The number of anilines is 1. The molecule has 2 heterocycles. The zero-order chi connectivity index (χ0) is 13.2. The summed E-state index contributed by atoms with van der Waals surface area (Å²) in [5.41, 5.74) is 3.43. The number of amides is 1. The highest BCUT2D eigenvalue weighted by Crippen LogP contribution is 2.24. The first-order valence-corrected chi connectivity index (χ1v) is 6.53. The van der Waals surface area contributed by atoms with Crippen LogP contribution in [0.3, 0.4) is 0 Å². The van der Waals surface area contributed by atoms with E-state index in [4.69, 9.17) is 4.74 Å². The fourth-order valence-electron chi connectivity index (χ4n) is 2.45. The molecule has 1 atom stereocenters. The second kappa shape index (κ2) is 4.84. The number of rotatable bonds is 4. The highest BCUT2D eigenvalue weighted by Gasteiger charge is 2.22. The summed E-state index contributed by atoms with van der Waals surface area (Å²) in [6, 6.07) is 6.39. The molecule has 1 saturated heterocycles. The van der Waals surface area contributed by atoms with Crippen molar-refractivity contribution in [1.82, 2.24) is 10.3 Å². The molecule has 5 heteroatoms. The van der Waals surface area contributed by atoms with Crippen molar-refractivity contribution in [3.63, 3.8) is 0 Å². The van der Waals surface area contributed by atoms with Crippen molar-refractivity contribution in [2.75, 3.05) is 18.5 Å². The summed E-state index contributed by atoms with van der Waals surface area (Å²) >= 11 is 0. The number of H-pyrrole nitrogens is 1. The van der Waals surface area contributed by atoms with E-state index in [1.165, 1.54) is 10.9 Å². The minimum absolute atomic E-state index is 0.0754. The Bertz CT molecular complexity index is 606. The number of benzene rings is 1. The van der Waals surface area contributed by atoms with Crippen molar-refractivity contribution in [2.45, 2.75) is 19.4 Å². The Labute approximate surface area is 111 Å². The van der Waals surface area contributed by atoms with Gasteiger partial charge in [0.25, 0.3) is 0 Å². The zero-order valence-corrected chi connectivity index (χ0v) is 10.8. The molecule has 0 radical (unpaired) electrons. The van der Waals surface area contributed by atoms with Gasteiger partial charge in [-0.1, -0.05) is 6.07 Å². The number of hydrogen-bond donors (Lipinski definition) is 3. The van der Waals surface area contributed by atoms with E-state index in [-0.39, 0.29) is 12.1 Å². The van der Waals surface area contributed by atoms with Gasteiger partial charge in [-0.2, -0.15) is 0 Å². The molecule has 3 rings (SSSR count). The third kappa shape index (κ3) is 2.36. The van der Waals surface area contributed by atoms with Gasteiger partial charge in [-0.3, -0.25) is 0 Å². The molecule has 1 fully saturated rings. The number of aromatic amines is 1. The van der Waals surface area contributed by atoms with Crippen LogP contribution < -0.4 is 10.6 Å². The van der Waals surface area contributed by atoms with E-state index in [9.17, 15) is 4.79 Å². The smallest absolute Gasteiger partial charge is 0.407 e. The summed E-state index contributed by atoms with van der Waals surface area (Å²) in [7, 11) is 0. The van der Waals surface area contributed by atoms with Gasteiger partial charge >= 0.3 is 6.09 Å². The number of ether oxygens (including phenoxy) is 1. The van der Waals surface area contributed by atoms with Crippen LogP contribution in [0.15, 0.2) is 24.4 Å². The molecule has 1 aliphatic heterocycles. The van der Waals surface area contributed by atoms with Gasteiger partial charge in [0.05, 0.1) is 11.7 Å². The average molecular weight is 259 g/mol. The Morgan fingerprint density at radius 2 is 2.37 bits per heavy atom. The lowest BCUT2D eigenvalue weighted by Gasteiger charge is -2.08. The van der Waals surface area contributed by atoms with Crippen molar-refractivity contribution in [2.24, 2.45) is 0 Å². The highest BCUT2D eigenvalue weighted by atomic mass is 16.6. The second-order valence-corrected chi connectivity index (χ2v) is 4.76. The first-order chi connectivity index (χ1) is 9.26. The van der Waals surface area contributed by atoms with Crippen molar-refractivity contribution >= 4 is 22.7 Å². The molecular weight excluding hydrogens is 242 g/mol. The third-order valence-electron chi connectivity index (χ3n) is 3.33. The molecule has 2 aromatic rings. The van der Waals surface area contributed by atoms with Crippen molar-refractivity contribution in [3.8, 4) is 0 Å². The molecule has 0 saturated carbocycles. The van der Waals surface area contributed by atoms with Crippen molar-refractivity contribution < 1.29 is 9.53 Å². The molecule has 1 aromatic heterocycles. The fourth-order valence-corrected chi connectivity index (χ4v) is 2.45. The van der Waals surface area contributed by atoms with E-state index in [1.54, 1.807) is 0 Å². The number of aromatic nitrogens is 1. The molecule has 1 aromatic carbocycles. The third-order valence-corrected chi connectivity index (χ3v) is 3.33. The molecule has 0 bridgehead atoms. The Hall–Kier alpha value is -2.17. The summed E-state index contributed by atoms with van der Waals surface area (Å²) in [6.07, 6.45) is 2.46. The van der Waals surface area contributed by atoms with Crippen LogP contribution in [-0.4, -0.2) is 30.3 Å². The normalized spacial score (nSPS) is 18.4. The number of carbonyl (C=O) groups excluding carboxylic acids is 1. The Morgan fingerprint density at radius 3 is 3.11 bits per heavy atom. The lowest BCUT2D eigenvalue weighted by atomic mass is 10.0. The summed E-state index contributed by atoms with van der Waals surface area (Å²) in [6.45, 7) is 3.42. The predicted molar refractivity (Wildman–Crippen MR) is 74.4 cm³/mol. The lowest BCUT2D eigenvalue weighted by Crippen LogP contribution is -2.28. The Kier molecular flexibility index (Phi) is 3.03. The standard InChI is InChI=1S/C14H17N3O2/c1-2-15-13-7-16-12-4-3-9(6-11(12)13)5-10-8-19-14(18)17-10/h3-4,6-7,10,15-16H,2,5,8H2,1H3,(H,17,18). The fraction of sp³-hybridized carbons (Fsp3) is 0.357. The molecule has 19 heavy (non-hydrogen) atoms. The van der Waals surface area contributed by atoms with E-state index in [0.29, 0.717) is 6.61 Å². The molecular formula is C14H17N3O2. The number of carbonyl (C=O) groups is 1. The molecule has 1 aliphatic rings. The molecule has 1 unspecified atom stereocenters. The van der Waals surface area contributed by atoms with Crippen LogP contribution in [0.5, 0.6) is 0 Å². The molecule has 5 nitrogen and oxygen atoms in total. The molecule has 3 N–H and O–H groups in total. The van der Waals surface area contributed by atoms with Gasteiger partial charge in [0.15, 0.2) is 0 Å². The molecule has 1 amide bonds. The monoisotopic (exact) mass is 259 g/mol. The van der Waals surface area contributed by atoms with E-state index in [2.05, 4.69) is 40.7 Å². The van der Waals surface area contributed by atoms with Crippen LogP contribution in [-0.2, 0) is 11.2 Å². The number of fused-ring (bicyclic) bond motifs is 1. The second-order valence-electron chi connectivity index (χ2n) is 4.76. The maximum atomic E-state index is 11.0. The van der Waals surface area contributed by atoms with Crippen molar-refractivity contribution in [3.05, 3.63) is 30.0 Å².